The largest absolute Gasteiger partial charge is 0.364 e. The lowest BCUT2D eigenvalue weighted by molar-refractivity contribution is 0.299. The zero-order valence-corrected chi connectivity index (χ0v) is 13.6. The molecule has 0 radical (unpaired) electrons. The molecule has 2 aromatic carbocycles. The number of benzene rings is 2. The molecule has 1 atom stereocenters. The van der Waals surface area contributed by atoms with Gasteiger partial charge in [-0.3, -0.25) is 0 Å². The Morgan fingerprint density at radius 1 is 1.00 bits per heavy atom. The molecule has 0 amide bonds. The van der Waals surface area contributed by atoms with Crippen molar-refractivity contribution in [1.82, 2.24) is 0 Å². The minimum absolute atomic E-state index is 0.209. The van der Waals surface area contributed by atoms with E-state index >= 15 is 0 Å². The van der Waals surface area contributed by atoms with Crippen LogP contribution in [0.1, 0.15) is 43.5 Å². The van der Waals surface area contributed by atoms with Gasteiger partial charge in [0.05, 0.1) is 6.04 Å². The zero-order chi connectivity index (χ0) is 15.0. The third kappa shape index (κ3) is 2.70. The Bertz CT molecular complexity index is 636. The van der Waals surface area contributed by atoms with Gasteiger partial charge in [-0.05, 0) is 47.6 Å². The summed E-state index contributed by atoms with van der Waals surface area (Å²) < 4.78 is 0. The fourth-order valence-electron chi connectivity index (χ4n) is 3.59. The van der Waals surface area contributed by atoms with E-state index in [1.54, 1.807) is 0 Å². The standard InChI is InChI=1S/C20H25N/c1-15-8-7-10-17(14-15)21-13-12-16-9-5-6-11-18(16)19(21)20(2,3)4/h5-11,14,19H,12-13H2,1-4H3. The first kappa shape index (κ1) is 14.2. The molecule has 0 fully saturated rings. The molecule has 1 aliphatic heterocycles. The lowest BCUT2D eigenvalue weighted by Gasteiger charge is -2.46. The maximum Gasteiger partial charge on any atom is 0.0593 e. The molecular formula is C20H25N. The first-order valence-corrected chi connectivity index (χ1v) is 7.88. The molecule has 1 heterocycles. The van der Waals surface area contributed by atoms with Gasteiger partial charge in [0.25, 0.3) is 0 Å². The maximum absolute atomic E-state index is 2.59. The van der Waals surface area contributed by atoms with Crippen molar-refractivity contribution >= 4 is 5.69 Å². The Morgan fingerprint density at radius 2 is 1.76 bits per heavy atom. The summed E-state index contributed by atoms with van der Waals surface area (Å²) in [5.41, 5.74) is 5.91. The summed E-state index contributed by atoms with van der Waals surface area (Å²) in [6, 6.07) is 18.3. The number of fused-ring (bicyclic) bond motifs is 1. The molecule has 21 heavy (non-hydrogen) atoms. The number of rotatable bonds is 1. The molecule has 0 saturated carbocycles. The molecule has 0 spiro atoms. The van der Waals surface area contributed by atoms with E-state index in [1.807, 2.05) is 0 Å². The smallest absolute Gasteiger partial charge is 0.0593 e. The van der Waals surface area contributed by atoms with Crippen LogP contribution in [0.5, 0.6) is 0 Å². The van der Waals surface area contributed by atoms with Gasteiger partial charge in [-0.15, -0.1) is 0 Å². The van der Waals surface area contributed by atoms with Crippen LogP contribution in [-0.2, 0) is 6.42 Å². The lowest BCUT2D eigenvalue weighted by Crippen LogP contribution is -2.42. The van der Waals surface area contributed by atoms with E-state index in [0.29, 0.717) is 6.04 Å². The van der Waals surface area contributed by atoms with Crippen LogP contribution in [-0.4, -0.2) is 6.54 Å². The van der Waals surface area contributed by atoms with Crippen molar-refractivity contribution in [2.24, 2.45) is 5.41 Å². The van der Waals surface area contributed by atoms with Crippen LogP contribution in [0, 0.1) is 12.3 Å². The van der Waals surface area contributed by atoms with Gasteiger partial charge in [-0.25, -0.2) is 0 Å². The summed E-state index contributed by atoms with van der Waals surface area (Å²) in [6.07, 6.45) is 1.14. The third-order valence-corrected chi connectivity index (χ3v) is 4.44. The quantitative estimate of drug-likeness (QED) is 0.698. The molecule has 2 aromatic rings. The number of nitrogens with zero attached hydrogens (tertiary/aromatic N) is 1. The minimum atomic E-state index is 0.209. The van der Waals surface area contributed by atoms with Crippen LogP contribution >= 0.6 is 0 Å². The summed E-state index contributed by atoms with van der Waals surface area (Å²) in [5.74, 6) is 0. The van der Waals surface area contributed by atoms with E-state index in [0.717, 1.165) is 13.0 Å². The molecule has 3 rings (SSSR count). The maximum atomic E-state index is 2.59. The van der Waals surface area contributed by atoms with Gasteiger partial charge in [0.1, 0.15) is 0 Å². The molecule has 1 nitrogen and oxygen atoms in total. The van der Waals surface area contributed by atoms with E-state index in [-0.39, 0.29) is 5.41 Å². The highest BCUT2D eigenvalue weighted by Crippen LogP contribution is 2.44. The fraction of sp³-hybridized carbons (Fsp3) is 0.400. The molecule has 1 unspecified atom stereocenters. The predicted octanol–water partition coefficient (Wildman–Crippen LogP) is 5.14. The average molecular weight is 279 g/mol. The van der Waals surface area contributed by atoms with Crippen molar-refractivity contribution < 1.29 is 0 Å². The van der Waals surface area contributed by atoms with E-state index in [1.165, 1.54) is 22.4 Å². The highest BCUT2D eigenvalue weighted by atomic mass is 15.2. The van der Waals surface area contributed by atoms with E-state index in [4.69, 9.17) is 0 Å². The molecule has 0 aromatic heterocycles. The predicted molar refractivity (Wildman–Crippen MR) is 90.9 cm³/mol. The SMILES string of the molecule is Cc1cccc(N2CCc3ccccc3C2C(C)(C)C)c1. The topological polar surface area (TPSA) is 3.24 Å². The van der Waals surface area contributed by atoms with E-state index in [2.05, 4.69) is 81.1 Å². The summed E-state index contributed by atoms with van der Waals surface area (Å²) in [6.45, 7) is 10.3. The number of hydrogen-bond donors (Lipinski definition) is 0. The molecule has 0 saturated heterocycles. The Hall–Kier alpha value is -1.76. The normalized spacial score (nSPS) is 18.5. The Morgan fingerprint density at radius 3 is 2.48 bits per heavy atom. The second-order valence-electron chi connectivity index (χ2n) is 7.25. The molecular weight excluding hydrogens is 254 g/mol. The number of aryl methyl sites for hydroxylation is 1. The van der Waals surface area contributed by atoms with Crippen LogP contribution in [0.15, 0.2) is 48.5 Å². The van der Waals surface area contributed by atoms with E-state index in [9.17, 15) is 0 Å². The van der Waals surface area contributed by atoms with Crippen molar-refractivity contribution in [3.05, 3.63) is 65.2 Å². The average Bonchev–Trinajstić information content (AvgIpc) is 2.45. The highest BCUT2D eigenvalue weighted by molar-refractivity contribution is 5.54. The molecule has 0 bridgehead atoms. The van der Waals surface area contributed by atoms with Gasteiger partial charge >= 0.3 is 0 Å². The van der Waals surface area contributed by atoms with Gasteiger partial charge in [0, 0.05) is 12.2 Å². The van der Waals surface area contributed by atoms with Crippen molar-refractivity contribution in [3.8, 4) is 0 Å². The molecule has 0 N–H and O–H groups in total. The van der Waals surface area contributed by atoms with Crippen LogP contribution in [0.3, 0.4) is 0 Å². The summed E-state index contributed by atoms with van der Waals surface area (Å²) >= 11 is 0. The van der Waals surface area contributed by atoms with Gasteiger partial charge in [0.2, 0.25) is 0 Å². The van der Waals surface area contributed by atoms with Crippen molar-refractivity contribution in [1.29, 1.82) is 0 Å². The van der Waals surface area contributed by atoms with Gasteiger partial charge in [0.15, 0.2) is 0 Å². The summed E-state index contributed by atoms with van der Waals surface area (Å²) in [7, 11) is 0. The fourth-order valence-corrected chi connectivity index (χ4v) is 3.59. The number of hydrogen-bond acceptors (Lipinski definition) is 1. The van der Waals surface area contributed by atoms with Crippen LogP contribution in [0.4, 0.5) is 5.69 Å². The zero-order valence-electron chi connectivity index (χ0n) is 13.6. The van der Waals surface area contributed by atoms with Crippen molar-refractivity contribution in [2.75, 3.05) is 11.4 Å². The van der Waals surface area contributed by atoms with Crippen molar-refractivity contribution in [2.45, 2.75) is 40.2 Å². The highest BCUT2D eigenvalue weighted by Gasteiger charge is 2.35. The first-order valence-electron chi connectivity index (χ1n) is 7.88. The van der Waals surface area contributed by atoms with E-state index < -0.39 is 0 Å². The van der Waals surface area contributed by atoms with Crippen LogP contribution in [0.25, 0.3) is 0 Å². The Labute approximate surface area is 128 Å². The second-order valence-corrected chi connectivity index (χ2v) is 7.25. The van der Waals surface area contributed by atoms with Crippen LogP contribution in [0.2, 0.25) is 0 Å². The van der Waals surface area contributed by atoms with Gasteiger partial charge in [-0.2, -0.15) is 0 Å². The first-order chi connectivity index (χ1) is 9.97. The second kappa shape index (κ2) is 5.22. The van der Waals surface area contributed by atoms with Crippen LogP contribution < -0.4 is 4.90 Å². The Balaban J connectivity index is 2.09. The molecule has 1 heteroatoms. The van der Waals surface area contributed by atoms with Crippen molar-refractivity contribution in [3.63, 3.8) is 0 Å². The number of anilines is 1. The lowest BCUT2D eigenvalue weighted by atomic mass is 9.77. The monoisotopic (exact) mass is 279 g/mol. The molecule has 0 aliphatic carbocycles. The van der Waals surface area contributed by atoms with Gasteiger partial charge in [-0.1, -0.05) is 57.2 Å². The minimum Gasteiger partial charge on any atom is -0.364 e. The molecule has 1 aliphatic rings. The summed E-state index contributed by atoms with van der Waals surface area (Å²) in [4.78, 5) is 2.59. The van der Waals surface area contributed by atoms with Gasteiger partial charge < -0.3 is 4.90 Å². The summed E-state index contributed by atoms with van der Waals surface area (Å²) in [5, 5.41) is 0. The Kier molecular flexibility index (Phi) is 3.52. The third-order valence-electron chi connectivity index (χ3n) is 4.44. The molecule has 110 valence electrons.